The number of benzene rings is 1. The Morgan fingerprint density at radius 2 is 1.66 bits per heavy atom. The van der Waals surface area contributed by atoms with E-state index in [1.165, 1.54) is 18.4 Å². The summed E-state index contributed by atoms with van der Waals surface area (Å²) < 4.78 is 0. The first-order chi connectivity index (χ1) is 14.1. The average Bonchev–Trinajstić information content (AvgIpc) is 3.28. The molecule has 3 heterocycles. The van der Waals surface area contributed by atoms with Gasteiger partial charge in [0.05, 0.1) is 0 Å². The SMILES string of the molecule is Cc1cc(N2CCN(C(=O)/C=C/c3ccccc3C)CC2)nc(N2CCCC2)n1. The Kier molecular flexibility index (Phi) is 5.79. The number of rotatable bonds is 4. The summed E-state index contributed by atoms with van der Waals surface area (Å²) in [5, 5.41) is 0. The van der Waals surface area contributed by atoms with E-state index in [1.54, 1.807) is 6.08 Å². The highest BCUT2D eigenvalue weighted by molar-refractivity contribution is 5.92. The largest absolute Gasteiger partial charge is 0.353 e. The Hall–Kier alpha value is -2.89. The van der Waals surface area contributed by atoms with Gasteiger partial charge in [-0.25, -0.2) is 4.98 Å². The molecule has 1 amide bonds. The number of carbonyl (C=O) groups is 1. The average molecular weight is 392 g/mol. The fourth-order valence-corrected chi connectivity index (χ4v) is 3.95. The Balaban J connectivity index is 1.38. The molecule has 0 N–H and O–H groups in total. The molecule has 2 aliphatic heterocycles. The van der Waals surface area contributed by atoms with Gasteiger partial charge >= 0.3 is 0 Å². The van der Waals surface area contributed by atoms with Gasteiger partial charge in [0, 0.05) is 57.1 Å². The highest BCUT2D eigenvalue weighted by Crippen LogP contribution is 2.22. The molecule has 0 bridgehead atoms. The van der Waals surface area contributed by atoms with Crippen molar-refractivity contribution in [2.24, 2.45) is 0 Å². The topological polar surface area (TPSA) is 52.6 Å². The fraction of sp³-hybridized carbons (Fsp3) is 0.435. The van der Waals surface area contributed by atoms with Gasteiger partial charge in [0.15, 0.2) is 0 Å². The molecule has 2 aliphatic rings. The van der Waals surface area contributed by atoms with Gasteiger partial charge in [0.25, 0.3) is 0 Å². The van der Waals surface area contributed by atoms with E-state index < -0.39 is 0 Å². The van der Waals surface area contributed by atoms with Crippen LogP contribution in [0.4, 0.5) is 11.8 Å². The van der Waals surface area contributed by atoms with Crippen LogP contribution in [0.2, 0.25) is 0 Å². The van der Waals surface area contributed by atoms with Crippen molar-refractivity contribution in [2.75, 3.05) is 49.1 Å². The van der Waals surface area contributed by atoms with Crippen LogP contribution in [0.3, 0.4) is 0 Å². The van der Waals surface area contributed by atoms with Crippen LogP contribution in [0.5, 0.6) is 0 Å². The summed E-state index contributed by atoms with van der Waals surface area (Å²) in [4.78, 5) is 28.5. The zero-order valence-corrected chi connectivity index (χ0v) is 17.3. The molecule has 2 fully saturated rings. The molecule has 0 unspecified atom stereocenters. The lowest BCUT2D eigenvalue weighted by Gasteiger charge is -2.35. The number of aryl methyl sites for hydroxylation is 2. The normalized spacial score (nSPS) is 17.4. The molecule has 152 valence electrons. The third-order valence-corrected chi connectivity index (χ3v) is 5.73. The van der Waals surface area contributed by atoms with Crippen molar-refractivity contribution in [3.8, 4) is 0 Å². The molecule has 0 radical (unpaired) electrons. The fourth-order valence-electron chi connectivity index (χ4n) is 3.95. The van der Waals surface area contributed by atoms with Gasteiger partial charge in [-0.05, 0) is 43.9 Å². The van der Waals surface area contributed by atoms with E-state index in [4.69, 9.17) is 4.98 Å². The minimum Gasteiger partial charge on any atom is -0.353 e. The minimum absolute atomic E-state index is 0.0736. The van der Waals surface area contributed by atoms with Gasteiger partial charge in [0.1, 0.15) is 5.82 Å². The van der Waals surface area contributed by atoms with E-state index in [0.717, 1.165) is 49.2 Å². The number of aromatic nitrogens is 2. The number of anilines is 2. The van der Waals surface area contributed by atoms with Crippen LogP contribution < -0.4 is 9.80 Å². The van der Waals surface area contributed by atoms with E-state index in [-0.39, 0.29) is 5.91 Å². The Morgan fingerprint density at radius 1 is 0.931 bits per heavy atom. The summed E-state index contributed by atoms with van der Waals surface area (Å²) in [5.41, 5.74) is 3.26. The Morgan fingerprint density at radius 3 is 2.38 bits per heavy atom. The molecule has 1 aromatic heterocycles. The first kappa shape index (κ1) is 19.4. The van der Waals surface area contributed by atoms with Crippen LogP contribution in [0.1, 0.15) is 29.7 Å². The summed E-state index contributed by atoms with van der Waals surface area (Å²) in [6, 6.07) is 10.2. The molecule has 0 atom stereocenters. The van der Waals surface area contributed by atoms with Crippen molar-refractivity contribution in [1.82, 2.24) is 14.9 Å². The highest BCUT2D eigenvalue weighted by atomic mass is 16.2. The van der Waals surface area contributed by atoms with Gasteiger partial charge in [-0.15, -0.1) is 0 Å². The second-order valence-electron chi connectivity index (χ2n) is 7.86. The van der Waals surface area contributed by atoms with Crippen LogP contribution in [0.25, 0.3) is 6.08 Å². The van der Waals surface area contributed by atoms with Crippen LogP contribution in [-0.4, -0.2) is 60.0 Å². The number of piperazine rings is 1. The number of hydrogen-bond donors (Lipinski definition) is 0. The monoisotopic (exact) mass is 391 g/mol. The van der Waals surface area contributed by atoms with E-state index >= 15 is 0 Å². The van der Waals surface area contributed by atoms with Crippen molar-refractivity contribution >= 4 is 23.7 Å². The molecule has 6 heteroatoms. The first-order valence-corrected chi connectivity index (χ1v) is 10.5. The van der Waals surface area contributed by atoms with Crippen molar-refractivity contribution in [3.05, 3.63) is 53.2 Å². The van der Waals surface area contributed by atoms with E-state index in [0.29, 0.717) is 13.1 Å². The maximum absolute atomic E-state index is 12.6. The molecule has 4 rings (SSSR count). The summed E-state index contributed by atoms with van der Waals surface area (Å²) in [5.74, 6) is 1.89. The highest BCUT2D eigenvalue weighted by Gasteiger charge is 2.22. The maximum Gasteiger partial charge on any atom is 0.246 e. The van der Waals surface area contributed by atoms with Crippen molar-refractivity contribution < 1.29 is 4.79 Å². The molecule has 6 nitrogen and oxygen atoms in total. The second kappa shape index (κ2) is 8.64. The molecule has 2 aromatic rings. The Labute approximate surface area is 172 Å². The lowest BCUT2D eigenvalue weighted by atomic mass is 10.1. The Bertz CT molecular complexity index is 896. The second-order valence-corrected chi connectivity index (χ2v) is 7.86. The van der Waals surface area contributed by atoms with E-state index in [2.05, 4.69) is 33.8 Å². The molecular weight excluding hydrogens is 362 g/mol. The predicted octanol–water partition coefficient (Wildman–Crippen LogP) is 3.06. The molecule has 1 aromatic carbocycles. The maximum atomic E-state index is 12.6. The summed E-state index contributed by atoms with van der Waals surface area (Å²) in [7, 11) is 0. The number of carbonyl (C=O) groups excluding carboxylic acids is 1. The summed E-state index contributed by atoms with van der Waals surface area (Å²) in [6.07, 6.45) is 6.03. The van der Waals surface area contributed by atoms with Crippen LogP contribution in [0.15, 0.2) is 36.4 Å². The zero-order valence-electron chi connectivity index (χ0n) is 17.3. The minimum atomic E-state index is 0.0736. The predicted molar refractivity (Wildman–Crippen MR) is 117 cm³/mol. The molecule has 0 spiro atoms. The van der Waals surface area contributed by atoms with Gasteiger partial charge in [0.2, 0.25) is 11.9 Å². The standard InChI is InChI=1S/C23H29N5O/c1-18-7-3-4-8-20(18)9-10-22(29)27-15-13-26(14-16-27)21-17-19(2)24-23(25-21)28-11-5-6-12-28/h3-4,7-10,17H,5-6,11-16H2,1-2H3/b10-9+. The van der Waals surface area contributed by atoms with Crippen molar-refractivity contribution in [1.29, 1.82) is 0 Å². The number of nitrogens with zero attached hydrogens (tertiary/aromatic N) is 5. The number of hydrogen-bond acceptors (Lipinski definition) is 5. The third-order valence-electron chi connectivity index (χ3n) is 5.73. The summed E-state index contributed by atoms with van der Waals surface area (Å²) >= 11 is 0. The molecule has 2 saturated heterocycles. The first-order valence-electron chi connectivity index (χ1n) is 10.5. The van der Waals surface area contributed by atoms with Gasteiger partial charge in [-0.2, -0.15) is 4.98 Å². The quantitative estimate of drug-likeness (QED) is 0.750. The van der Waals surface area contributed by atoms with Crippen LogP contribution >= 0.6 is 0 Å². The van der Waals surface area contributed by atoms with E-state index in [9.17, 15) is 4.79 Å². The summed E-state index contributed by atoms with van der Waals surface area (Å²) in [6.45, 7) is 9.17. The van der Waals surface area contributed by atoms with Crippen LogP contribution in [-0.2, 0) is 4.79 Å². The van der Waals surface area contributed by atoms with E-state index in [1.807, 2.05) is 36.1 Å². The molecule has 0 saturated carbocycles. The molecular formula is C23H29N5O. The lowest BCUT2D eigenvalue weighted by molar-refractivity contribution is -0.126. The van der Waals surface area contributed by atoms with Crippen molar-refractivity contribution in [2.45, 2.75) is 26.7 Å². The van der Waals surface area contributed by atoms with Crippen molar-refractivity contribution in [3.63, 3.8) is 0 Å². The van der Waals surface area contributed by atoms with Gasteiger partial charge in [-0.1, -0.05) is 24.3 Å². The van der Waals surface area contributed by atoms with Gasteiger partial charge < -0.3 is 14.7 Å². The van der Waals surface area contributed by atoms with Crippen LogP contribution in [0, 0.1) is 13.8 Å². The zero-order chi connectivity index (χ0) is 20.2. The lowest BCUT2D eigenvalue weighted by Crippen LogP contribution is -2.48. The third kappa shape index (κ3) is 4.58. The molecule has 0 aliphatic carbocycles. The molecule has 29 heavy (non-hydrogen) atoms. The number of amides is 1. The van der Waals surface area contributed by atoms with Gasteiger partial charge in [-0.3, -0.25) is 4.79 Å². The smallest absolute Gasteiger partial charge is 0.246 e.